The molecular formula is C25H16F3N5O2. The third-order valence-corrected chi connectivity index (χ3v) is 5.17. The molecule has 0 aliphatic heterocycles. The normalized spacial score (nSPS) is 11.4. The molecule has 0 spiro atoms. The molecule has 2 N–H and O–H groups in total. The molecule has 10 heteroatoms. The topological polar surface area (TPSA) is 92.8 Å². The van der Waals surface area contributed by atoms with E-state index in [1.54, 1.807) is 42.7 Å². The number of carbonyl (C=O) groups is 1. The average molecular weight is 475 g/mol. The molecule has 0 saturated carbocycles. The highest BCUT2D eigenvalue weighted by Gasteiger charge is 2.30. The number of fused-ring (bicyclic) bond motifs is 1. The summed E-state index contributed by atoms with van der Waals surface area (Å²) in [5, 5.41) is 3.58. The van der Waals surface area contributed by atoms with Gasteiger partial charge in [0.1, 0.15) is 29.2 Å². The first-order valence-electron chi connectivity index (χ1n) is 10.4. The van der Waals surface area contributed by atoms with Crippen molar-refractivity contribution in [3.8, 4) is 22.8 Å². The van der Waals surface area contributed by atoms with Crippen LogP contribution in [0.4, 0.5) is 18.9 Å². The number of carbonyl (C=O) groups excluding carboxylic acids is 1. The number of benzene rings is 2. The van der Waals surface area contributed by atoms with Gasteiger partial charge < -0.3 is 15.0 Å². The van der Waals surface area contributed by atoms with Gasteiger partial charge in [0.25, 0.3) is 5.91 Å². The first-order valence-corrected chi connectivity index (χ1v) is 10.4. The minimum Gasteiger partial charge on any atom is -0.457 e. The Labute approximate surface area is 196 Å². The van der Waals surface area contributed by atoms with Gasteiger partial charge in [-0.2, -0.15) is 13.2 Å². The SMILES string of the molecule is O=C(Nc1ccc(Oc2ccnc3[nH]ccc23)cc1)c1cc(-c2ccc(C(F)(F)F)cc2)ncn1. The lowest BCUT2D eigenvalue weighted by Gasteiger charge is -2.09. The van der Waals surface area contributed by atoms with E-state index in [0.29, 0.717) is 34.1 Å². The second-order valence-electron chi connectivity index (χ2n) is 7.49. The van der Waals surface area contributed by atoms with Crippen LogP contribution >= 0.6 is 0 Å². The van der Waals surface area contributed by atoms with Gasteiger partial charge >= 0.3 is 6.18 Å². The molecule has 0 saturated heterocycles. The molecule has 0 bridgehead atoms. The van der Waals surface area contributed by atoms with Gasteiger partial charge in [0, 0.05) is 23.6 Å². The fourth-order valence-electron chi connectivity index (χ4n) is 3.42. The predicted octanol–water partition coefficient (Wildman–Crippen LogP) is 6.08. The van der Waals surface area contributed by atoms with E-state index < -0.39 is 17.6 Å². The fourth-order valence-corrected chi connectivity index (χ4v) is 3.42. The summed E-state index contributed by atoms with van der Waals surface area (Å²) in [6.07, 6.45) is 0.181. The van der Waals surface area contributed by atoms with Crippen molar-refractivity contribution in [1.82, 2.24) is 19.9 Å². The average Bonchev–Trinajstić information content (AvgIpc) is 3.35. The van der Waals surface area contributed by atoms with E-state index in [1.165, 1.54) is 24.5 Å². The van der Waals surface area contributed by atoms with Crippen molar-refractivity contribution >= 4 is 22.6 Å². The zero-order chi connectivity index (χ0) is 24.4. The Morgan fingerprint density at radius 1 is 0.914 bits per heavy atom. The number of nitrogens with zero attached hydrogens (tertiary/aromatic N) is 3. The first kappa shape index (κ1) is 22.1. The zero-order valence-corrected chi connectivity index (χ0v) is 17.9. The number of rotatable bonds is 5. The largest absolute Gasteiger partial charge is 0.457 e. The Bertz CT molecular complexity index is 1500. The number of aromatic nitrogens is 4. The van der Waals surface area contributed by atoms with E-state index >= 15 is 0 Å². The number of aromatic amines is 1. The third kappa shape index (κ3) is 4.81. The van der Waals surface area contributed by atoms with E-state index in [9.17, 15) is 18.0 Å². The Kier molecular flexibility index (Phi) is 5.61. The van der Waals surface area contributed by atoms with Gasteiger partial charge in [-0.15, -0.1) is 0 Å². The lowest BCUT2D eigenvalue weighted by Crippen LogP contribution is -2.14. The van der Waals surface area contributed by atoms with Crippen LogP contribution in [-0.4, -0.2) is 25.8 Å². The van der Waals surface area contributed by atoms with Crippen LogP contribution in [0.15, 0.2) is 85.5 Å². The summed E-state index contributed by atoms with van der Waals surface area (Å²) in [6, 6.07) is 16.4. The van der Waals surface area contributed by atoms with E-state index in [2.05, 4.69) is 25.3 Å². The van der Waals surface area contributed by atoms with Gasteiger partial charge in [-0.3, -0.25) is 4.79 Å². The number of amides is 1. The zero-order valence-electron chi connectivity index (χ0n) is 17.9. The van der Waals surface area contributed by atoms with Crippen LogP contribution in [-0.2, 0) is 6.18 Å². The van der Waals surface area contributed by atoms with Gasteiger partial charge in [-0.25, -0.2) is 15.0 Å². The van der Waals surface area contributed by atoms with Crippen LogP contribution in [0.3, 0.4) is 0 Å². The summed E-state index contributed by atoms with van der Waals surface area (Å²) in [7, 11) is 0. The summed E-state index contributed by atoms with van der Waals surface area (Å²) in [5.41, 5.74) is 1.30. The minimum atomic E-state index is -4.43. The summed E-state index contributed by atoms with van der Waals surface area (Å²) in [4.78, 5) is 28.0. The van der Waals surface area contributed by atoms with Gasteiger partial charge in [0.15, 0.2) is 0 Å². The molecule has 0 aliphatic rings. The van der Waals surface area contributed by atoms with Gasteiger partial charge in [-0.1, -0.05) is 12.1 Å². The standard InChI is InChI=1S/C25H16F3N5O2/c26-25(27,28)16-3-1-15(2-4-16)20-13-21(32-14-31-20)24(34)33-17-5-7-18(8-6-17)35-22-10-12-30-23-19(22)9-11-29-23/h1-14H,(H,29,30)(H,33,34). The highest BCUT2D eigenvalue weighted by Crippen LogP contribution is 2.31. The van der Waals surface area contributed by atoms with Crippen molar-refractivity contribution in [2.24, 2.45) is 0 Å². The third-order valence-electron chi connectivity index (χ3n) is 5.17. The number of H-pyrrole nitrogens is 1. The highest BCUT2D eigenvalue weighted by molar-refractivity contribution is 6.03. The van der Waals surface area contributed by atoms with Gasteiger partial charge in [-0.05, 0) is 54.6 Å². The molecule has 35 heavy (non-hydrogen) atoms. The molecule has 0 fully saturated rings. The van der Waals surface area contributed by atoms with Gasteiger partial charge in [0.05, 0.1) is 16.6 Å². The van der Waals surface area contributed by atoms with Crippen molar-refractivity contribution in [3.63, 3.8) is 0 Å². The Hall–Kier alpha value is -4.73. The maximum atomic E-state index is 12.8. The summed E-state index contributed by atoms with van der Waals surface area (Å²) >= 11 is 0. The van der Waals surface area contributed by atoms with Crippen LogP contribution in [0.25, 0.3) is 22.3 Å². The second-order valence-corrected chi connectivity index (χ2v) is 7.49. The Balaban J connectivity index is 1.28. The maximum Gasteiger partial charge on any atom is 0.416 e. The number of hydrogen-bond acceptors (Lipinski definition) is 5. The van der Waals surface area contributed by atoms with Crippen molar-refractivity contribution in [3.05, 3.63) is 96.7 Å². The molecule has 0 atom stereocenters. The predicted molar refractivity (Wildman–Crippen MR) is 123 cm³/mol. The van der Waals surface area contributed by atoms with Gasteiger partial charge in [0.2, 0.25) is 0 Å². The minimum absolute atomic E-state index is 0.0712. The molecule has 0 unspecified atom stereocenters. The summed E-state index contributed by atoms with van der Waals surface area (Å²) in [5.74, 6) is 0.727. The smallest absolute Gasteiger partial charge is 0.416 e. The molecule has 174 valence electrons. The van der Waals surface area contributed by atoms with E-state index in [4.69, 9.17) is 4.74 Å². The molecule has 7 nitrogen and oxygen atoms in total. The maximum absolute atomic E-state index is 12.8. The fraction of sp³-hybridized carbons (Fsp3) is 0.0400. The summed E-state index contributed by atoms with van der Waals surface area (Å²) in [6.45, 7) is 0. The lowest BCUT2D eigenvalue weighted by molar-refractivity contribution is -0.137. The van der Waals surface area contributed by atoms with E-state index in [1.807, 2.05) is 6.07 Å². The number of alkyl halides is 3. The molecule has 0 aliphatic carbocycles. The van der Waals surface area contributed by atoms with Crippen molar-refractivity contribution in [2.75, 3.05) is 5.32 Å². The van der Waals surface area contributed by atoms with Crippen LogP contribution in [0, 0.1) is 0 Å². The Morgan fingerprint density at radius 2 is 1.69 bits per heavy atom. The monoisotopic (exact) mass is 475 g/mol. The van der Waals surface area contributed by atoms with Crippen LogP contribution in [0.5, 0.6) is 11.5 Å². The number of nitrogens with one attached hydrogen (secondary N) is 2. The van der Waals surface area contributed by atoms with Crippen molar-refractivity contribution < 1.29 is 22.7 Å². The van der Waals surface area contributed by atoms with Crippen molar-refractivity contribution in [1.29, 1.82) is 0 Å². The quantitative estimate of drug-likeness (QED) is 0.321. The number of ether oxygens (including phenoxy) is 1. The second kappa shape index (κ2) is 8.90. The first-order chi connectivity index (χ1) is 16.9. The number of pyridine rings is 1. The molecule has 1 amide bonds. The molecule has 5 aromatic rings. The lowest BCUT2D eigenvalue weighted by atomic mass is 10.1. The van der Waals surface area contributed by atoms with Crippen molar-refractivity contribution in [2.45, 2.75) is 6.18 Å². The Morgan fingerprint density at radius 3 is 2.43 bits per heavy atom. The molecule has 5 rings (SSSR count). The molecule has 0 radical (unpaired) electrons. The number of halogens is 3. The molecular weight excluding hydrogens is 459 g/mol. The molecule has 2 aromatic carbocycles. The van der Waals surface area contributed by atoms with E-state index in [0.717, 1.165) is 17.5 Å². The molecule has 3 aromatic heterocycles. The number of anilines is 1. The van der Waals surface area contributed by atoms with Crippen LogP contribution in [0.2, 0.25) is 0 Å². The highest BCUT2D eigenvalue weighted by atomic mass is 19.4. The number of hydrogen-bond donors (Lipinski definition) is 2. The van der Waals surface area contributed by atoms with Crippen LogP contribution < -0.4 is 10.1 Å². The van der Waals surface area contributed by atoms with E-state index in [-0.39, 0.29) is 5.69 Å². The summed E-state index contributed by atoms with van der Waals surface area (Å²) < 4.78 is 44.3. The van der Waals surface area contributed by atoms with Crippen LogP contribution in [0.1, 0.15) is 16.1 Å². The molecule has 3 heterocycles.